The van der Waals surface area contributed by atoms with Gasteiger partial charge in [0.15, 0.2) is 0 Å². The van der Waals surface area contributed by atoms with E-state index >= 15 is 0 Å². The summed E-state index contributed by atoms with van der Waals surface area (Å²) in [7, 11) is 0. The molecule has 2 saturated heterocycles. The maximum atomic E-state index is 12.8. The average molecular weight is 435 g/mol. The van der Waals surface area contributed by atoms with Crippen molar-refractivity contribution in [2.24, 2.45) is 5.41 Å². The summed E-state index contributed by atoms with van der Waals surface area (Å²) < 4.78 is 0. The SMILES string of the molecule is CC1C(=O)N(CCCN2CCC3(CC3)C(O)C2)CCN1C(=O)Nc1cccc(Cl)c1. The third-order valence-electron chi connectivity index (χ3n) is 6.94. The van der Waals surface area contributed by atoms with Crippen molar-refractivity contribution < 1.29 is 14.7 Å². The molecule has 1 aliphatic carbocycles. The predicted molar refractivity (Wildman–Crippen MR) is 117 cm³/mol. The highest BCUT2D eigenvalue weighted by Crippen LogP contribution is 2.53. The van der Waals surface area contributed by atoms with Gasteiger partial charge in [-0.2, -0.15) is 0 Å². The number of β-amino-alcohol motifs (C(OH)–C–C–N with tert-alkyl or cyclic N) is 1. The molecule has 30 heavy (non-hydrogen) atoms. The molecule has 1 aromatic rings. The Balaban J connectivity index is 1.23. The molecule has 2 unspecified atom stereocenters. The number of aliphatic hydroxyl groups is 1. The number of carbonyl (C=O) groups excluding carboxylic acids is 2. The lowest BCUT2D eigenvalue weighted by Crippen LogP contribution is -2.58. The Morgan fingerprint density at radius 1 is 1.23 bits per heavy atom. The third-order valence-corrected chi connectivity index (χ3v) is 7.18. The number of urea groups is 1. The van der Waals surface area contributed by atoms with Gasteiger partial charge < -0.3 is 25.1 Å². The number of amides is 3. The summed E-state index contributed by atoms with van der Waals surface area (Å²) in [5.74, 6) is -0.0156. The van der Waals surface area contributed by atoms with Crippen LogP contribution in [-0.4, -0.2) is 83.2 Å². The van der Waals surface area contributed by atoms with Gasteiger partial charge in [0.05, 0.1) is 6.10 Å². The fourth-order valence-electron chi connectivity index (χ4n) is 4.70. The van der Waals surface area contributed by atoms with Gasteiger partial charge in [0.25, 0.3) is 0 Å². The first-order valence-electron chi connectivity index (χ1n) is 10.9. The number of halogens is 1. The first-order chi connectivity index (χ1) is 14.4. The highest BCUT2D eigenvalue weighted by Gasteiger charge is 2.51. The summed E-state index contributed by atoms with van der Waals surface area (Å²) in [5, 5.41) is 13.7. The van der Waals surface area contributed by atoms with E-state index in [2.05, 4.69) is 10.2 Å². The van der Waals surface area contributed by atoms with Gasteiger partial charge in [-0.1, -0.05) is 17.7 Å². The van der Waals surface area contributed by atoms with Gasteiger partial charge in [-0.25, -0.2) is 4.79 Å². The van der Waals surface area contributed by atoms with Crippen LogP contribution in [-0.2, 0) is 4.79 Å². The van der Waals surface area contributed by atoms with Gasteiger partial charge in [-0.15, -0.1) is 0 Å². The van der Waals surface area contributed by atoms with E-state index in [0.717, 1.165) is 32.5 Å². The highest BCUT2D eigenvalue weighted by atomic mass is 35.5. The van der Waals surface area contributed by atoms with Crippen LogP contribution in [0.2, 0.25) is 5.02 Å². The third kappa shape index (κ3) is 4.58. The zero-order valence-electron chi connectivity index (χ0n) is 17.5. The largest absolute Gasteiger partial charge is 0.391 e. The molecular weight excluding hydrogens is 404 g/mol. The lowest BCUT2D eigenvalue weighted by atomic mass is 9.90. The first kappa shape index (κ1) is 21.4. The lowest BCUT2D eigenvalue weighted by molar-refractivity contribution is -0.139. The number of likely N-dealkylation sites (tertiary alicyclic amines) is 1. The van der Waals surface area contributed by atoms with E-state index in [1.807, 2.05) is 4.90 Å². The van der Waals surface area contributed by atoms with Crippen molar-refractivity contribution in [3.8, 4) is 0 Å². The quantitative estimate of drug-likeness (QED) is 0.747. The van der Waals surface area contributed by atoms with Crippen molar-refractivity contribution in [3.63, 3.8) is 0 Å². The van der Waals surface area contributed by atoms with Crippen LogP contribution in [0.3, 0.4) is 0 Å². The molecule has 0 aromatic heterocycles. The second-order valence-corrected chi connectivity index (χ2v) is 9.35. The Bertz CT molecular complexity index is 800. The molecule has 8 heteroatoms. The summed E-state index contributed by atoms with van der Waals surface area (Å²) in [6, 6.07) is 6.20. The number of benzene rings is 1. The lowest BCUT2D eigenvalue weighted by Gasteiger charge is -2.40. The molecule has 0 bridgehead atoms. The monoisotopic (exact) mass is 434 g/mol. The molecule has 3 aliphatic rings. The topological polar surface area (TPSA) is 76.1 Å². The fourth-order valence-corrected chi connectivity index (χ4v) is 4.89. The van der Waals surface area contributed by atoms with Crippen LogP contribution in [0.4, 0.5) is 10.5 Å². The molecule has 3 amide bonds. The van der Waals surface area contributed by atoms with Gasteiger partial charge >= 0.3 is 6.03 Å². The number of nitrogens with one attached hydrogen (secondary N) is 1. The van der Waals surface area contributed by atoms with Gasteiger partial charge in [0.1, 0.15) is 6.04 Å². The Morgan fingerprint density at radius 3 is 2.73 bits per heavy atom. The number of hydrogen-bond donors (Lipinski definition) is 2. The molecule has 2 N–H and O–H groups in total. The van der Waals surface area contributed by atoms with E-state index in [9.17, 15) is 14.7 Å². The summed E-state index contributed by atoms with van der Waals surface area (Å²) in [6.07, 6.45) is 4.11. The molecule has 2 atom stereocenters. The second kappa shape index (κ2) is 8.73. The van der Waals surface area contributed by atoms with Gasteiger partial charge in [0.2, 0.25) is 5.91 Å². The highest BCUT2D eigenvalue weighted by molar-refractivity contribution is 6.30. The maximum Gasteiger partial charge on any atom is 0.322 e. The van der Waals surface area contributed by atoms with Crippen LogP contribution in [0.15, 0.2) is 24.3 Å². The Labute approximate surface area is 183 Å². The van der Waals surface area contributed by atoms with E-state index in [4.69, 9.17) is 11.6 Å². The molecule has 2 aliphatic heterocycles. The van der Waals surface area contributed by atoms with Gasteiger partial charge in [0, 0.05) is 36.9 Å². The summed E-state index contributed by atoms with van der Waals surface area (Å²) in [5.41, 5.74) is 0.843. The second-order valence-electron chi connectivity index (χ2n) is 8.92. The Hall–Kier alpha value is -1.83. The van der Waals surface area contributed by atoms with Crippen LogP contribution in [0.1, 0.15) is 32.6 Å². The summed E-state index contributed by atoms with van der Waals surface area (Å²) in [4.78, 5) is 31.2. The predicted octanol–water partition coefficient (Wildman–Crippen LogP) is 2.64. The van der Waals surface area contributed by atoms with E-state index in [0.29, 0.717) is 30.3 Å². The number of nitrogens with zero attached hydrogens (tertiary/aromatic N) is 3. The number of aliphatic hydroxyl groups excluding tert-OH is 1. The van der Waals surface area contributed by atoms with E-state index in [-0.39, 0.29) is 23.5 Å². The number of carbonyl (C=O) groups is 2. The van der Waals surface area contributed by atoms with Crippen LogP contribution in [0.5, 0.6) is 0 Å². The molecular formula is C22H31ClN4O3. The Kier molecular flexibility index (Phi) is 6.23. The molecule has 4 rings (SSSR count). The molecule has 1 spiro atoms. The van der Waals surface area contributed by atoms with E-state index < -0.39 is 6.04 Å². The number of piperidine rings is 1. The fraction of sp³-hybridized carbons (Fsp3) is 0.636. The molecule has 2 heterocycles. The normalized spacial score (nSPS) is 26.2. The van der Waals surface area contributed by atoms with Crippen LogP contribution in [0, 0.1) is 5.41 Å². The van der Waals surface area contributed by atoms with Crippen molar-refractivity contribution in [1.82, 2.24) is 14.7 Å². The van der Waals surface area contributed by atoms with E-state index in [1.54, 1.807) is 36.1 Å². The summed E-state index contributed by atoms with van der Waals surface area (Å²) in [6.45, 7) is 6.19. The molecule has 0 radical (unpaired) electrons. The standard InChI is InChI=1S/C22H31ClN4O3/c1-16-20(29)26(10-3-9-25-11-8-22(6-7-22)19(28)15-25)12-13-27(16)21(30)24-18-5-2-4-17(23)14-18/h2,4-5,14,16,19,28H,3,6-13,15H2,1H3,(H,24,30). The zero-order chi connectivity index (χ0) is 21.3. The van der Waals surface area contributed by atoms with Gasteiger partial charge in [-0.3, -0.25) is 4.79 Å². The van der Waals surface area contributed by atoms with Crippen molar-refractivity contribution >= 4 is 29.2 Å². The molecule has 7 nitrogen and oxygen atoms in total. The maximum absolute atomic E-state index is 12.8. The zero-order valence-corrected chi connectivity index (χ0v) is 18.3. The first-order valence-corrected chi connectivity index (χ1v) is 11.3. The molecule has 3 fully saturated rings. The van der Waals surface area contributed by atoms with Crippen LogP contribution >= 0.6 is 11.6 Å². The van der Waals surface area contributed by atoms with Crippen molar-refractivity contribution in [1.29, 1.82) is 0 Å². The minimum absolute atomic E-state index is 0.0156. The van der Waals surface area contributed by atoms with E-state index in [1.165, 1.54) is 12.8 Å². The Morgan fingerprint density at radius 2 is 2.03 bits per heavy atom. The summed E-state index contributed by atoms with van der Waals surface area (Å²) >= 11 is 5.97. The van der Waals surface area contributed by atoms with Crippen LogP contribution < -0.4 is 5.32 Å². The molecule has 1 aromatic carbocycles. The van der Waals surface area contributed by atoms with Gasteiger partial charge in [-0.05, 0) is 69.3 Å². The smallest absolute Gasteiger partial charge is 0.322 e. The number of anilines is 1. The molecule has 164 valence electrons. The van der Waals surface area contributed by atoms with Crippen molar-refractivity contribution in [3.05, 3.63) is 29.3 Å². The molecule has 1 saturated carbocycles. The van der Waals surface area contributed by atoms with Crippen molar-refractivity contribution in [2.75, 3.05) is 44.6 Å². The number of hydrogen-bond acceptors (Lipinski definition) is 4. The minimum atomic E-state index is -0.496. The minimum Gasteiger partial charge on any atom is -0.391 e. The number of rotatable bonds is 5. The number of piperazine rings is 1. The van der Waals surface area contributed by atoms with Crippen molar-refractivity contribution in [2.45, 2.75) is 44.8 Å². The average Bonchev–Trinajstić information content (AvgIpc) is 3.49. The van der Waals surface area contributed by atoms with Crippen LogP contribution in [0.25, 0.3) is 0 Å².